The molecule has 0 unspecified atom stereocenters. The van der Waals surface area contributed by atoms with Gasteiger partial charge >= 0.3 is 5.97 Å². The molecule has 1 aromatic rings. The summed E-state index contributed by atoms with van der Waals surface area (Å²) in [5, 5.41) is 0.364. The Hall–Kier alpha value is -1.20. The first kappa shape index (κ1) is 18.1. The Morgan fingerprint density at radius 1 is 1.39 bits per heavy atom. The lowest BCUT2D eigenvalue weighted by molar-refractivity contribution is -0.155. The molecule has 0 aliphatic carbocycles. The number of amides is 1. The number of esters is 1. The normalized spacial score (nSPS) is 20.8. The summed E-state index contributed by atoms with van der Waals surface area (Å²) in [5.41, 5.74) is 0.861. The maximum absolute atomic E-state index is 12.4. The number of carbonyl (C=O) groups is 2. The maximum Gasteiger partial charge on any atom is 0.329 e. The van der Waals surface area contributed by atoms with Gasteiger partial charge in [-0.3, -0.25) is 4.79 Å². The summed E-state index contributed by atoms with van der Waals surface area (Å²) in [4.78, 5) is 26.4. The quantitative estimate of drug-likeness (QED) is 0.752. The molecule has 2 rings (SSSR count). The number of rotatable bonds is 5. The van der Waals surface area contributed by atoms with E-state index in [4.69, 9.17) is 16.3 Å². The van der Waals surface area contributed by atoms with E-state index in [0.717, 1.165) is 5.56 Å². The Morgan fingerprint density at radius 2 is 2.09 bits per heavy atom. The molecule has 23 heavy (non-hydrogen) atoms. The predicted octanol–water partition coefficient (Wildman–Crippen LogP) is 3.89. The highest BCUT2D eigenvalue weighted by atomic mass is 35.5. The molecular formula is C17H22ClNO3S. The lowest BCUT2D eigenvalue weighted by atomic mass is 10.1. The first-order valence-corrected chi connectivity index (χ1v) is 9.22. The molecule has 1 aromatic carbocycles. The molecule has 126 valence electrons. The molecular weight excluding hydrogens is 334 g/mol. The summed E-state index contributed by atoms with van der Waals surface area (Å²) in [7, 11) is 0. The summed E-state index contributed by atoms with van der Waals surface area (Å²) >= 11 is 7.83. The summed E-state index contributed by atoms with van der Waals surface area (Å²) in [6.45, 7) is 6.13. The Labute approximate surface area is 146 Å². The zero-order valence-corrected chi connectivity index (χ0v) is 15.2. The van der Waals surface area contributed by atoms with Crippen molar-refractivity contribution in [3.05, 3.63) is 34.9 Å². The average Bonchev–Trinajstić information content (AvgIpc) is 2.97. The minimum absolute atomic E-state index is 0.0635. The van der Waals surface area contributed by atoms with E-state index in [2.05, 4.69) is 0 Å². The molecule has 6 heteroatoms. The second-order valence-corrected chi connectivity index (χ2v) is 7.42. The van der Waals surface area contributed by atoms with Crippen molar-refractivity contribution in [1.29, 1.82) is 0 Å². The number of thioether (sulfide) groups is 1. The van der Waals surface area contributed by atoms with Crippen molar-refractivity contribution in [2.24, 2.45) is 5.92 Å². The van der Waals surface area contributed by atoms with Crippen LogP contribution in [0.25, 0.3) is 0 Å². The largest absolute Gasteiger partial charge is 0.464 e. The molecule has 2 atom stereocenters. The van der Waals surface area contributed by atoms with Crippen molar-refractivity contribution in [1.82, 2.24) is 4.90 Å². The first-order valence-electron chi connectivity index (χ1n) is 7.79. The Balaban J connectivity index is 2.24. The van der Waals surface area contributed by atoms with Crippen molar-refractivity contribution in [2.45, 2.75) is 38.6 Å². The van der Waals surface area contributed by atoms with Crippen LogP contribution in [0.5, 0.6) is 0 Å². The van der Waals surface area contributed by atoms with Gasteiger partial charge in [0.2, 0.25) is 5.91 Å². The van der Waals surface area contributed by atoms with Gasteiger partial charge < -0.3 is 9.64 Å². The molecule has 0 spiro atoms. The highest BCUT2D eigenvalue weighted by Gasteiger charge is 2.43. The van der Waals surface area contributed by atoms with Crippen molar-refractivity contribution in [2.75, 3.05) is 12.4 Å². The van der Waals surface area contributed by atoms with E-state index in [1.807, 2.05) is 32.0 Å². The van der Waals surface area contributed by atoms with E-state index >= 15 is 0 Å². The molecule has 1 amide bonds. The Kier molecular flexibility index (Phi) is 6.36. The summed E-state index contributed by atoms with van der Waals surface area (Å²) < 4.78 is 5.35. The third kappa shape index (κ3) is 4.21. The SMILES string of the molecule is CCC(=O)N1[C@H](C(=O)OCC(C)C)CS[C@H]1c1ccccc1Cl. The van der Waals surface area contributed by atoms with E-state index in [9.17, 15) is 9.59 Å². The fourth-order valence-electron chi connectivity index (χ4n) is 2.44. The van der Waals surface area contributed by atoms with Crippen LogP contribution in [0.2, 0.25) is 5.02 Å². The number of ether oxygens (including phenoxy) is 1. The van der Waals surface area contributed by atoms with Gasteiger partial charge in [0, 0.05) is 22.8 Å². The fraction of sp³-hybridized carbons (Fsp3) is 0.529. The number of benzene rings is 1. The van der Waals surface area contributed by atoms with Crippen LogP contribution in [0, 0.1) is 5.92 Å². The third-order valence-electron chi connectivity index (χ3n) is 3.59. The molecule has 0 bridgehead atoms. The first-order chi connectivity index (χ1) is 11.0. The highest BCUT2D eigenvalue weighted by molar-refractivity contribution is 7.99. The van der Waals surface area contributed by atoms with E-state index < -0.39 is 6.04 Å². The van der Waals surface area contributed by atoms with Crippen LogP contribution < -0.4 is 0 Å². The van der Waals surface area contributed by atoms with Crippen molar-refractivity contribution in [3.8, 4) is 0 Å². The van der Waals surface area contributed by atoms with Gasteiger partial charge in [0.25, 0.3) is 0 Å². The second-order valence-electron chi connectivity index (χ2n) is 5.90. The fourth-order valence-corrected chi connectivity index (χ4v) is 4.21. The Morgan fingerprint density at radius 3 is 2.70 bits per heavy atom. The van der Waals surface area contributed by atoms with Crippen LogP contribution >= 0.6 is 23.4 Å². The standard InChI is InChI=1S/C17H22ClNO3S/c1-4-15(20)19-14(17(21)22-9-11(2)3)10-23-16(19)12-7-5-6-8-13(12)18/h5-8,11,14,16H,4,9-10H2,1-3H3/t14-,16-/m0/s1. The molecule has 1 saturated heterocycles. The average molecular weight is 356 g/mol. The zero-order chi connectivity index (χ0) is 17.0. The van der Waals surface area contributed by atoms with Crippen LogP contribution in [0.3, 0.4) is 0 Å². The minimum Gasteiger partial charge on any atom is -0.464 e. The van der Waals surface area contributed by atoms with E-state index in [1.54, 1.807) is 29.7 Å². The number of halogens is 1. The van der Waals surface area contributed by atoms with Gasteiger partial charge in [-0.05, 0) is 12.0 Å². The van der Waals surface area contributed by atoms with Gasteiger partial charge in [-0.15, -0.1) is 11.8 Å². The maximum atomic E-state index is 12.4. The van der Waals surface area contributed by atoms with E-state index in [0.29, 0.717) is 23.8 Å². The molecule has 0 radical (unpaired) electrons. The van der Waals surface area contributed by atoms with Crippen molar-refractivity contribution in [3.63, 3.8) is 0 Å². The van der Waals surface area contributed by atoms with Gasteiger partial charge in [-0.2, -0.15) is 0 Å². The molecule has 1 heterocycles. The number of nitrogens with zero attached hydrogens (tertiary/aromatic N) is 1. The third-order valence-corrected chi connectivity index (χ3v) is 5.24. The Bertz CT molecular complexity index is 579. The monoisotopic (exact) mass is 355 g/mol. The smallest absolute Gasteiger partial charge is 0.329 e. The number of hydrogen-bond donors (Lipinski definition) is 0. The molecule has 0 N–H and O–H groups in total. The zero-order valence-electron chi connectivity index (χ0n) is 13.6. The summed E-state index contributed by atoms with van der Waals surface area (Å²) in [6.07, 6.45) is 0.343. The number of hydrogen-bond acceptors (Lipinski definition) is 4. The minimum atomic E-state index is -0.549. The van der Waals surface area contributed by atoms with Gasteiger partial charge in [0.05, 0.1) is 6.61 Å². The van der Waals surface area contributed by atoms with E-state index in [1.165, 1.54) is 0 Å². The van der Waals surface area contributed by atoms with Crippen molar-refractivity contribution >= 4 is 35.2 Å². The molecule has 4 nitrogen and oxygen atoms in total. The van der Waals surface area contributed by atoms with Crippen LogP contribution in [-0.2, 0) is 14.3 Å². The van der Waals surface area contributed by atoms with Gasteiger partial charge in [-0.25, -0.2) is 4.79 Å². The molecule has 1 fully saturated rings. The predicted molar refractivity (Wildman–Crippen MR) is 93.4 cm³/mol. The van der Waals surface area contributed by atoms with Crippen LogP contribution in [0.1, 0.15) is 38.1 Å². The summed E-state index contributed by atoms with van der Waals surface area (Å²) in [5.74, 6) is 0.398. The molecule has 1 aliphatic rings. The lowest BCUT2D eigenvalue weighted by Crippen LogP contribution is -2.43. The second kappa shape index (κ2) is 8.06. The van der Waals surface area contributed by atoms with Crippen LogP contribution in [0.4, 0.5) is 0 Å². The van der Waals surface area contributed by atoms with Gasteiger partial charge in [0.1, 0.15) is 11.4 Å². The molecule has 0 saturated carbocycles. The summed E-state index contributed by atoms with van der Waals surface area (Å²) in [6, 6.07) is 6.90. The van der Waals surface area contributed by atoms with Crippen molar-refractivity contribution < 1.29 is 14.3 Å². The van der Waals surface area contributed by atoms with Gasteiger partial charge in [0.15, 0.2) is 0 Å². The molecule has 1 aliphatic heterocycles. The number of carbonyl (C=O) groups excluding carboxylic acids is 2. The topological polar surface area (TPSA) is 46.6 Å². The van der Waals surface area contributed by atoms with E-state index in [-0.39, 0.29) is 23.2 Å². The lowest BCUT2D eigenvalue weighted by Gasteiger charge is -2.29. The van der Waals surface area contributed by atoms with Gasteiger partial charge in [-0.1, -0.05) is 50.6 Å². The van der Waals surface area contributed by atoms with Crippen LogP contribution in [0.15, 0.2) is 24.3 Å². The molecule has 0 aromatic heterocycles. The highest BCUT2D eigenvalue weighted by Crippen LogP contribution is 2.44. The van der Waals surface area contributed by atoms with Crippen LogP contribution in [-0.4, -0.2) is 35.2 Å².